The maximum absolute atomic E-state index is 3.21. The molecule has 0 radical (unpaired) electrons. The summed E-state index contributed by atoms with van der Waals surface area (Å²) in [5.41, 5.74) is 2.81. The van der Waals surface area contributed by atoms with Crippen molar-refractivity contribution in [1.82, 2.24) is 9.88 Å². The fourth-order valence-corrected chi connectivity index (χ4v) is 2.32. The van der Waals surface area contributed by atoms with E-state index in [1.54, 1.807) is 0 Å². The van der Waals surface area contributed by atoms with Gasteiger partial charge in [-0.15, -0.1) is 0 Å². The summed E-state index contributed by atoms with van der Waals surface area (Å²) in [6, 6.07) is 8.88. The minimum absolute atomic E-state index is 0.687. The molecule has 2 nitrogen and oxygen atoms in total. The molecule has 0 unspecified atom stereocenters. The molecular weight excluding hydrogens is 208 g/mol. The average molecular weight is 230 g/mol. The van der Waals surface area contributed by atoms with E-state index in [1.807, 2.05) is 7.05 Å². The lowest BCUT2D eigenvalue weighted by Crippen LogP contribution is -2.10. The summed E-state index contributed by atoms with van der Waals surface area (Å²) in [4.78, 5) is 0. The molecule has 2 aromatic rings. The van der Waals surface area contributed by atoms with Crippen molar-refractivity contribution in [1.29, 1.82) is 0 Å². The number of nitrogens with zero attached hydrogens (tertiary/aromatic N) is 1. The van der Waals surface area contributed by atoms with E-state index in [4.69, 9.17) is 0 Å². The zero-order valence-corrected chi connectivity index (χ0v) is 11.0. The van der Waals surface area contributed by atoms with Crippen LogP contribution in [0.5, 0.6) is 0 Å². The van der Waals surface area contributed by atoms with Crippen LogP contribution in [-0.2, 0) is 13.0 Å². The van der Waals surface area contributed by atoms with Gasteiger partial charge in [0.15, 0.2) is 0 Å². The van der Waals surface area contributed by atoms with Crippen LogP contribution in [0.2, 0.25) is 0 Å². The third-order valence-electron chi connectivity index (χ3n) is 3.11. The number of nitrogens with one attached hydrogen (secondary N) is 1. The highest BCUT2D eigenvalue weighted by molar-refractivity contribution is 5.83. The normalized spacial score (nSPS) is 11.5. The Bertz CT molecular complexity index is 483. The molecule has 0 spiro atoms. The molecule has 1 aromatic carbocycles. The van der Waals surface area contributed by atoms with Crippen LogP contribution in [0, 0.1) is 5.92 Å². The molecule has 0 aliphatic rings. The third kappa shape index (κ3) is 2.70. The maximum atomic E-state index is 3.21. The SMILES string of the molecule is CNCCc1cccc2c1ccn2CC(C)C. The average Bonchev–Trinajstić information content (AvgIpc) is 2.70. The molecule has 0 bridgehead atoms. The lowest BCUT2D eigenvalue weighted by atomic mass is 10.1. The van der Waals surface area contributed by atoms with E-state index in [-0.39, 0.29) is 0 Å². The van der Waals surface area contributed by atoms with Gasteiger partial charge in [0, 0.05) is 23.6 Å². The summed E-state index contributed by atoms with van der Waals surface area (Å²) < 4.78 is 2.36. The summed E-state index contributed by atoms with van der Waals surface area (Å²) in [5, 5.41) is 4.62. The second kappa shape index (κ2) is 5.37. The first kappa shape index (κ1) is 12.2. The molecule has 1 N–H and O–H groups in total. The van der Waals surface area contributed by atoms with Crippen molar-refractivity contribution < 1.29 is 0 Å². The van der Waals surface area contributed by atoms with Crippen molar-refractivity contribution >= 4 is 10.9 Å². The third-order valence-corrected chi connectivity index (χ3v) is 3.11. The van der Waals surface area contributed by atoms with Gasteiger partial charge in [-0.25, -0.2) is 0 Å². The topological polar surface area (TPSA) is 17.0 Å². The molecule has 92 valence electrons. The lowest BCUT2D eigenvalue weighted by Gasteiger charge is -2.09. The van der Waals surface area contributed by atoms with Crippen LogP contribution in [0.3, 0.4) is 0 Å². The number of hydrogen-bond acceptors (Lipinski definition) is 1. The van der Waals surface area contributed by atoms with Crippen molar-refractivity contribution in [2.24, 2.45) is 5.92 Å². The van der Waals surface area contributed by atoms with Crippen LogP contribution in [0.25, 0.3) is 10.9 Å². The Morgan fingerprint density at radius 3 is 2.76 bits per heavy atom. The summed E-state index contributed by atoms with van der Waals surface area (Å²) in [6.45, 7) is 6.65. The van der Waals surface area contributed by atoms with E-state index in [0.29, 0.717) is 5.92 Å². The van der Waals surface area contributed by atoms with E-state index >= 15 is 0 Å². The van der Waals surface area contributed by atoms with Crippen LogP contribution < -0.4 is 5.32 Å². The van der Waals surface area contributed by atoms with Crippen molar-refractivity contribution in [3.8, 4) is 0 Å². The lowest BCUT2D eigenvalue weighted by molar-refractivity contribution is 0.535. The molecular formula is C15H22N2. The fraction of sp³-hybridized carbons (Fsp3) is 0.467. The maximum Gasteiger partial charge on any atom is 0.0483 e. The van der Waals surface area contributed by atoms with Gasteiger partial charge in [0.05, 0.1) is 0 Å². The molecule has 0 fully saturated rings. The molecule has 1 heterocycles. The standard InChI is InChI=1S/C15H22N2/c1-12(2)11-17-10-8-14-13(7-9-16-3)5-4-6-15(14)17/h4-6,8,10,12,16H,7,9,11H2,1-3H3. The Morgan fingerprint density at radius 1 is 1.24 bits per heavy atom. The van der Waals surface area contributed by atoms with Gasteiger partial charge < -0.3 is 9.88 Å². The molecule has 2 heteroatoms. The number of rotatable bonds is 5. The Labute approximate surface area is 104 Å². The molecule has 0 saturated carbocycles. The molecule has 2 rings (SSSR count). The summed E-state index contributed by atoms with van der Waals surface area (Å²) in [5.74, 6) is 0.687. The Kier molecular flexibility index (Phi) is 3.85. The van der Waals surface area contributed by atoms with Gasteiger partial charge in [-0.3, -0.25) is 0 Å². The van der Waals surface area contributed by atoms with Gasteiger partial charge in [0.25, 0.3) is 0 Å². The highest BCUT2D eigenvalue weighted by Crippen LogP contribution is 2.21. The van der Waals surface area contributed by atoms with Crippen LogP contribution >= 0.6 is 0 Å². The van der Waals surface area contributed by atoms with Crippen LogP contribution in [0.15, 0.2) is 30.5 Å². The Morgan fingerprint density at radius 2 is 2.06 bits per heavy atom. The zero-order chi connectivity index (χ0) is 12.3. The van der Waals surface area contributed by atoms with Crippen molar-refractivity contribution in [3.63, 3.8) is 0 Å². The van der Waals surface area contributed by atoms with Crippen LogP contribution in [0.1, 0.15) is 19.4 Å². The van der Waals surface area contributed by atoms with Gasteiger partial charge >= 0.3 is 0 Å². The molecule has 0 saturated heterocycles. The summed E-state index contributed by atoms with van der Waals surface area (Å²) in [6.07, 6.45) is 3.31. The van der Waals surface area contributed by atoms with Gasteiger partial charge in [0.2, 0.25) is 0 Å². The molecule has 1 aromatic heterocycles. The number of aromatic nitrogens is 1. The predicted molar refractivity (Wildman–Crippen MR) is 74.4 cm³/mol. The first-order chi connectivity index (χ1) is 8.22. The second-order valence-electron chi connectivity index (χ2n) is 5.07. The van der Waals surface area contributed by atoms with Crippen molar-refractivity contribution in [2.75, 3.05) is 13.6 Å². The van der Waals surface area contributed by atoms with Gasteiger partial charge in [-0.1, -0.05) is 26.0 Å². The van der Waals surface area contributed by atoms with Gasteiger partial charge in [-0.2, -0.15) is 0 Å². The van der Waals surface area contributed by atoms with Crippen LogP contribution in [-0.4, -0.2) is 18.2 Å². The monoisotopic (exact) mass is 230 g/mol. The Balaban J connectivity index is 2.35. The van der Waals surface area contributed by atoms with E-state index in [2.05, 4.69) is 54.2 Å². The minimum atomic E-state index is 0.687. The van der Waals surface area contributed by atoms with E-state index in [9.17, 15) is 0 Å². The highest BCUT2D eigenvalue weighted by atomic mass is 15.0. The Hall–Kier alpha value is -1.28. The smallest absolute Gasteiger partial charge is 0.0483 e. The van der Waals surface area contributed by atoms with E-state index in [1.165, 1.54) is 16.5 Å². The van der Waals surface area contributed by atoms with E-state index in [0.717, 1.165) is 19.5 Å². The first-order valence-corrected chi connectivity index (χ1v) is 6.43. The van der Waals surface area contributed by atoms with Crippen molar-refractivity contribution in [2.45, 2.75) is 26.8 Å². The number of fused-ring (bicyclic) bond motifs is 1. The first-order valence-electron chi connectivity index (χ1n) is 6.43. The largest absolute Gasteiger partial charge is 0.347 e. The quantitative estimate of drug-likeness (QED) is 0.835. The minimum Gasteiger partial charge on any atom is -0.347 e. The van der Waals surface area contributed by atoms with Gasteiger partial charge in [0.1, 0.15) is 0 Å². The van der Waals surface area contributed by atoms with Crippen molar-refractivity contribution in [3.05, 3.63) is 36.0 Å². The number of likely N-dealkylation sites (N-methyl/N-ethyl adjacent to an activating group) is 1. The number of hydrogen-bond donors (Lipinski definition) is 1. The molecule has 0 aliphatic heterocycles. The molecule has 0 atom stereocenters. The summed E-state index contributed by atoms with van der Waals surface area (Å²) in [7, 11) is 2.00. The molecule has 0 amide bonds. The highest BCUT2D eigenvalue weighted by Gasteiger charge is 2.06. The number of benzene rings is 1. The molecule has 17 heavy (non-hydrogen) atoms. The zero-order valence-electron chi connectivity index (χ0n) is 11.0. The van der Waals surface area contributed by atoms with E-state index < -0.39 is 0 Å². The fourth-order valence-electron chi connectivity index (χ4n) is 2.32. The second-order valence-corrected chi connectivity index (χ2v) is 5.07. The predicted octanol–water partition coefficient (Wildman–Crippen LogP) is 3.06. The van der Waals surface area contributed by atoms with Crippen LogP contribution in [0.4, 0.5) is 0 Å². The molecule has 0 aliphatic carbocycles. The summed E-state index contributed by atoms with van der Waals surface area (Å²) >= 11 is 0. The van der Waals surface area contributed by atoms with Gasteiger partial charge in [-0.05, 0) is 43.6 Å².